The zero-order chi connectivity index (χ0) is 14.0. The molecule has 0 radical (unpaired) electrons. The maximum atomic E-state index is 12.4. The van der Waals surface area contributed by atoms with E-state index in [9.17, 15) is 4.79 Å². The van der Waals surface area contributed by atoms with Gasteiger partial charge in [0.05, 0.1) is 10.6 Å². The summed E-state index contributed by atoms with van der Waals surface area (Å²) in [5.41, 5.74) is 0.542. The van der Waals surface area contributed by atoms with Gasteiger partial charge >= 0.3 is 0 Å². The number of aromatic nitrogens is 1. The maximum absolute atomic E-state index is 12.4. The van der Waals surface area contributed by atoms with Crippen molar-refractivity contribution in [1.29, 1.82) is 0 Å². The highest BCUT2D eigenvalue weighted by Crippen LogP contribution is 2.21. The van der Waals surface area contributed by atoms with Crippen molar-refractivity contribution >= 4 is 23.3 Å². The molecule has 5 nitrogen and oxygen atoms in total. The number of pyridine rings is 1. The van der Waals surface area contributed by atoms with E-state index in [1.807, 2.05) is 4.90 Å². The third-order valence-corrected chi connectivity index (χ3v) is 3.86. The van der Waals surface area contributed by atoms with Crippen molar-refractivity contribution in [3.8, 4) is 0 Å². The first-order valence-corrected chi connectivity index (χ1v) is 6.73. The summed E-state index contributed by atoms with van der Waals surface area (Å²) >= 11 is 6.06. The number of hydrogen-bond donors (Lipinski definition) is 1. The average Bonchev–Trinajstić information content (AvgIpc) is 2.41. The number of anilines is 1. The molecule has 1 aromatic rings. The summed E-state index contributed by atoms with van der Waals surface area (Å²) in [5, 5.41) is 3.35. The van der Waals surface area contributed by atoms with Crippen LogP contribution in [0.25, 0.3) is 0 Å². The van der Waals surface area contributed by atoms with E-state index < -0.39 is 0 Å². The largest absolute Gasteiger partial charge is 0.372 e. The van der Waals surface area contributed by atoms with Gasteiger partial charge in [-0.05, 0) is 20.0 Å². The molecule has 0 spiro atoms. The summed E-state index contributed by atoms with van der Waals surface area (Å²) in [5.74, 6) is 0.585. The Kier molecular flexibility index (Phi) is 4.27. The minimum absolute atomic E-state index is 0.00277. The Labute approximate surface area is 118 Å². The smallest absolute Gasteiger partial charge is 0.255 e. The van der Waals surface area contributed by atoms with Gasteiger partial charge in [0, 0.05) is 38.9 Å². The highest BCUT2D eigenvalue weighted by Gasteiger charge is 2.25. The maximum Gasteiger partial charge on any atom is 0.255 e. The predicted molar refractivity (Wildman–Crippen MR) is 76.8 cm³/mol. The van der Waals surface area contributed by atoms with E-state index in [1.54, 1.807) is 19.3 Å². The lowest BCUT2D eigenvalue weighted by atomic mass is 10.1. The minimum Gasteiger partial charge on any atom is -0.372 e. The van der Waals surface area contributed by atoms with Crippen molar-refractivity contribution in [3.05, 3.63) is 22.8 Å². The van der Waals surface area contributed by atoms with Crippen molar-refractivity contribution < 1.29 is 4.79 Å². The molecule has 6 heteroatoms. The number of carbonyl (C=O) groups is 1. The highest BCUT2D eigenvalue weighted by molar-refractivity contribution is 6.33. The number of amides is 1. The van der Waals surface area contributed by atoms with Crippen LogP contribution in [0.5, 0.6) is 0 Å². The second kappa shape index (κ2) is 5.75. The fourth-order valence-corrected chi connectivity index (χ4v) is 2.42. The van der Waals surface area contributed by atoms with Crippen LogP contribution in [0.4, 0.5) is 5.82 Å². The topological polar surface area (TPSA) is 48.5 Å². The van der Waals surface area contributed by atoms with Crippen LogP contribution in [0.2, 0.25) is 5.02 Å². The Morgan fingerprint density at radius 2 is 2.26 bits per heavy atom. The molecule has 1 atom stereocenters. The second-order valence-corrected chi connectivity index (χ2v) is 5.29. The molecule has 1 unspecified atom stereocenters. The molecule has 0 bridgehead atoms. The lowest BCUT2D eigenvalue weighted by molar-refractivity contribution is 0.0572. The molecule has 1 aliphatic heterocycles. The Morgan fingerprint density at radius 1 is 1.53 bits per heavy atom. The van der Waals surface area contributed by atoms with Crippen LogP contribution in [-0.2, 0) is 0 Å². The van der Waals surface area contributed by atoms with Crippen LogP contribution in [-0.4, -0.2) is 60.5 Å². The molecule has 0 aromatic carbocycles. The molecule has 19 heavy (non-hydrogen) atoms. The van der Waals surface area contributed by atoms with Gasteiger partial charge in [-0.2, -0.15) is 0 Å². The first-order chi connectivity index (χ1) is 9.02. The number of halogens is 1. The van der Waals surface area contributed by atoms with Crippen LogP contribution >= 0.6 is 11.6 Å². The standard InChI is InChI=1S/C13H19ClN4O/c1-9-8-18(5-4-17(9)3)13(19)10-6-11(14)12(15-2)16-7-10/h6-7,9H,4-5,8H2,1-3H3,(H,15,16). The average molecular weight is 283 g/mol. The number of rotatable bonds is 2. The van der Waals surface area contributed by atoms with Crippen molar-refractivity contribution in [2.75, 3.05) is 39.0 Å². The number of likely N-dealkylation sites (N-methyl/N-ethyl adjacent to an activating group) is 1. The number of nitrogens with zero attached hydrogens (tertiary/aromatic N) is 3. The Hall–Kier alpha value is -1.33. The summed E-state index contributed by atoms with van der Waals surface area (Å²) in [7, 11) is 3.82. The predicted octanol–water partition coefficient (Wildman–Crippen LogP) is 1.55. The monoisotopic (exact) mass is 282 g/mol. The molecule has 1 aromatic heterocycles. The Balaban J connectivity index is 2.13. The van der Waals surface area contributed by atoms with E-state index in [0.717, 1.165) is 19.6 Å². The molecule has 2 heterocycles. The zero-order valence-electron chi connectivity index (χ0n) is 11.5. The molecule has 1 aliphatic rings. The SMILES string of the molecule is CNc1ncc(C(=O)N2CCN(C)C(C)C2)cc1Cl. The first kappa shape index (κ1) is 14.1. The van der Waals surface area contributed by atoms with Crippen molar-refractivity contribution in [3.63, 3.8) is 0 Å². The van der Waals surface area contributed by atoms with Gasteiger partial charge in [0.1, 0.15) is 5.82 Å². The molecule has 104 valence electrons. The number of piperazine rings is 1. The third kappa shape index (κ3) is 2.98. The van der Waals surface area contributed by atoms with Gasteiger partial charge in [0.15, 0.2) is 0 Å². The highest BCUT2D eigenvalue weighted by atomic mass is 35.5. The molecule has 1 N–H and O–H groups in total. The molecule has 0 aliphatic carbocycles. The van der Waals surface area contributed by atoms with Gasteiger partial charge in [-0.3, -0.25) is 4.79 Å². The summed E-state index contributed by atoms with van der Waals surface area (Å²) in [6, 6.07) is 2.05. The normalized spacial score (nSPS) is 20.4. The Bertz CT molecular complexity index is 480. The molecule has 1 fully saturated rings. The third-order valence-electron chi connectivity index (χ3n) is 3.57. The van der Waals surface area contributed by atoms with Crippen LogP contribution in [0, 0.1) is 0 Å². The van der Waals surface area contributed by atoms with Crippen LogP contribution in [0.3, 0.4) is 0 Å². The fourth-order valence-electron chi connectivity index (χ4n) is 2.15. The quantitative estimate of drug-likeness (QED) is 0.894. The second-order valence-electron chi connectivity index (χ2n) is 4.89. The first-order valence-electron chi connectivity index (χ1n) is 6.35. The van der Waals surface area contributed by atoms with Gasteiger partial charge in [-0.15, -0.1) is 0 Å². The number of hydrogen-bond acceptors (Lipinski definition) is 4. The van der Waals surface area contributed by atoms with Gasteiger partial charge < -0.3 is 15.1 Å². The van der Waals surface area contributed by atoms with E-state index in [-0.39, 0.29) is 5.91 Å². The molecule has 1 saturated heterocycles. The molecule has 1 amide bonds. The number of carbonyl (C=O) groups excluding carboxylic acids is 1. The fraction of sp³-hybridized carbons (Fsp3) is 0.538. The lowest BCUT2D eigenvalue weighted by Crippen LogP contribution is -2.52. The minimum atomic E-state index is -0.00277. The van der Waals surface area contributed by atoms with Crippen LogP contribution < -0.4 is 5.32 Å². The van der Waals surface area contributed by atoms with E-state index in [2.05, 4.69) is 29.2 Å². The van der Waals surface area contributed by atoms with E-state index in [0.29, 0.717) is 22.4 Å². The molecule has 0 saturated carbocycles. The zero-order valence-corrected chi connectivity index (χ0v) is 12.2. The van der Waals surface area contributed by atoms with E-state index >= 15 is 0 Å². The summed E-state index contributed by atoms with van der Waals surface area (Å²) in [4.78, 5) is 20.6. The Morgan fingerprint density at radius 3 is 2.84 bits per heavy atom. The molecular weight excluding hydrogens is 264 g/mol. The van der Waals surface area contributed by atoms with Crippen molar-refractivity contribution in [2.45, 2.75) is 13.0 Å². The lowest BCUT2D eigenvalue weighted by Gasteiger charge is -2.37. The van der Waals surface area contributed by atoms with Gasteiger partial charge in [-0.1, -0.05) is 11.6 Å². The van der Waals surface area contributed by atoms with Gasteiger partial charge in [-0.25, -0.2) is 4.98 Å². The number of nitrogens with one attached hydrogen (secondary N) is 1. The van der Waals surface area contributed by atoms with Gasteiger partial charge in [0.25, 0.3) is 5.91 Å². The summed E-state index contributed by atoms with van der Waals surface area (Å²) in [6.45, 7) is 4.49. The van der Waals surface area contributed by atoms with E-state index in [4.69, 9.17) is 11.6 Å². The van der Waals surface area contributed by atoms with Crippen LogP contribution in [0.1, 0.15) is 17.3 Å². The van der Waals surface area contributed by atoms with Gasteiger partial charge in [0.2, 0.25) is 0 Å². The molecular formula is C13H19ClN4O. The van der Waals surface area contributed by atoms with Crippen LogP contribution in [0.15, 0.2) is 12.3 Å². The summed E-state index contributed by atoms with van der Waals surface area (Å²) in [6.07, 6.45) is 1.57. The molecule has 2 rings (SSSR count). The van der Waals surface area contributed by atoms with Crippen molar-refractivity contribution in [2.24, 2.45) is 0 Å². The summed E-state index contributed by atoms with van der Waals surface area (Å²) < 4.78 is 0. The van der Waals surface area contributed by atoms with Crippen molar-refractivity contribution in [1.82, 2.24) is 14.8 Å². The van der Waals surface area contributed by atoms with E-state index in [1.165, 1.54) is 0 Å².